The maximum absolute atomic E-state index is 6.16. The Morgan fingerprint density at radius 2 is 1.67 bits per heavy atom. The number of anilines is 2. The normalized spacial score (nSPS) is 13.4. The standard InChI is InChI=1S/C15H17N3/c1-2-12(16)11-7-10-8-5-3-4-6-9(8)13(10)15(18)14(11)17/h3-7,12H,2,16-18H2,1H3. The third-order valence-corrected chi connectivity index (χ3v) is 3.77. The van der Waals surface area contributed by atoms with E-state index >= 15 is 0 Å². The van der Waals surface area contributed by atoms with Gasteiger partial charge in [-0.2, -0.15) is 0 Å². The number of benzene rings is 2. The molecule has 0 spiro atoms. The van der Waals surface area contributed by atoms with Gasteiger partial charge in [0.05, 0.1) is 11.4 Å². The Morgan fingerprint density at radius 3 is 2.33 bits per heavy atom. The Balaban J connectivity index is 2.22. The van der Waals surface area contributed by atoms with Crippen molar-refractivity contribution in [1.82, 2.24) is 0 Å². The zero-order valence-electron chi connectivity index (χ0n) is 10.4. The van der Waals surface area contributed by atoms with Crippen molar-refractivity contribution in [3.05, 3.63) is 35.9 Å². The molecule has 0 aromatic heterocycles. The Kier molecular flexibility index (Phi) is 2.31. The maximum atomic E-state index is 6.16. The minimum Gasteiger partial charge on any atom is -0.397 e. The summed E-state index contributed by atoms with van der Waals surface area (Å²) in [5.41, 5.74) is 25.3. The van der Waals surface area contributed by atoms with E-state index in [2.05, 4.69) is 18.2 Å². The van der Waals surface area contributed by atoms with Gasteiger partial charge in [0.2, 0.25) is 0 Å². The van der Waals surface area contributed by atoms with Crippen molar-refractivity contribution >= 4 is 11.4 Å². The lowest BCUT2D eigenvalue weighted by molar-refractivity contribution is 0.701. The van der Waals surface area contributed by atoms with E-state index in [1.165, 1.54) is 16.7 Å². The molecule has 3 heteroatoms. The number of nitrogen functional groups attached to an aromatic ring is 2. The molecule has 1 aliphatic carbocycles. The van der Waals surface area contributed by atoms with Crippen LogP contribution in [0.4, 0.5) is 11.4 Å². The second-order valence-corrected chi connectivity index (χ2v) is 4.78. The van der Waals surface area contributed by atoms with E-state index in [1.54, 1.807) is 0 Å². The zero-order valence-corrected chi connectivity index (χ0v) is 10.4. The number of rotatable bonds is 2. The van der Waals surface area contributed by atoms with Crippen molar-refractivity contribution in [3.8, 4) is 22.3 Å². The fourth-order valence-corrected chi connectivity index (χ4v) is 2.64. The molecule has 3 rings (SSSR count). The first kappa shape index (κ1) is 11.1. The molecule has 1 unspecified atom stereocenters. The van der Waals surface area contributed by atoms with E-state index in [-0.39, 0.29) is 6.04 Å². The molecule has 0 radical (unpaired) electrons. The predicted molar refractivity (Wildman–Crippen MR) is 76.9 cm³/mol. The summed E-state index contributed by atoms with van der Waals surface area (Å²) in [6.45, 7) is 2.05. The van der Waals surface area contributed by atoms with Crippen LogP contribution in [0.2, 0.25) is 0 Å². The molecule has 18 heavy (non-hydrogen) atoms. The van der Waals surface area contributed by atoms with Crippen LogP contribution < -0.4 is 17.2 Å². The minimum atomic E-state index is -0.0506. The molecule has 92 valence electrons. The van der Waals surface area contributed by atoms with Crippen LogP contribution in [0.15, 0.2) is 30.3 Å². The van der Waals surface area contributed by atoms with Gasteiger partial charge in [-0.05, 0) is 34.7 Å². The van der Waals surface area contributed by atoms with E-state index in [0.717, 1.165) is 17.5 Å². The molecule has 0 amide bonds. The van der Waals surface area contributed by atoms with Crippen LogP contribution in [0, 0.1) is 0 Å². The van der Waals surface area contributed by atoms with E-state index in [1.807, 2.05) is 19.1 Å². The lowest BCUT2D eigenvalue weighted by Gasteiger charge is -2.29. The summed E-state index contributed by atoms with van der Waals surface area (Å²) in [5.74, 6) is 0. The molecule has 3 nitrogen and oxygen atoms in total. The molecule has 0 aliphatic heterocycles. The van der Waals surface area contributed by atoms with E-state index in [4.69, 9.17) is 17.2 Å². The average molecular weight is 239 g/mol. The van der Waals surface area contributed by atoms with Gasteiger partial charge in [-0.3, -0.25) is 0 Å². The second-order valence-electron chi connectivity index (χ2n) is 4.78. The first-order valence-electron chi connectivity index (χ1n) is 6.22. The fraction of sp³-hybridized carbons (Fsp3) is 0.200. The molecule has 0 fully saturated rings. The SMILES string of the molecule is CCC(N)c1cc2c(c(N)c1N)-c1ccccc1-2. The highest BCUT2D eigenvalue weighted by atomic mass is 14.7. The highest BCUT2D eigenvalue weighted by Crippen LogP contribution is 2.53. The molecule has 1 aliphatic rings. The third-order valence-electron chi connectivity index (χ3n) is 3.77. The molecule has 1 atom stereocenters. The fourth-order valence-electron chi connectivity index (χ4n) is 2.64. The van der Waals surface area contributed by atoms with Crippen molar-refractivity contribution in [2.24, 2.45) is 5.73 Å². The number of nitrogens with two attached hydrogens (primary N) is 3. The quantitative estimate of drug-likeness (QED) is 0.602. The first-order chi connectivity index (χ1) is 8.65. The van der Waals surface area contributed by atoms with Crippen molar-refractivity contribution < 1.29 is 0 Å². The Hall–Kier alpha value is -2.00. The molecule has 0 heterocycles. The Morgan fingerprint density at radius 1 is 1.00 bits per heavy atom. The topological polar surface area (TPSA) is 78.1 Å². The van der Waals surface area contributed by atoms with Gasteiger partial charge in [-0.15, -0.1) is 0 Å². The predicted octanol–water partition coefficient (Wildman–Crippen LogP) is 2.91. The third kappa shape index (κ3) is 1.28. The van der Waals surface area contributed by atoms with Crippen molar-refractivity contribution in [3.63, 3.8) is 0 Å². The summed E-state index contributed by atoms with van der Waals surface area (Å²) in [4.78, 5) is 0. The Bertz CT molecular complexity index is 632. The highest BCUT2D eigenvalue weighted by molar-refractivity contribution is 6.10. The highest BCUT2D eigenvalue weighted by Gasteiger charge is 2.27. The number of fused-ring (bicyclic) bond motifs is 4. The second kappa shape index (κ2) is 3.75. The largest absolute Gasteiger partial charge is 0.397 e. The van der Waals surface area contributed by atoms with Gasteiger partial charge in [0.25, 0.3) is 0 Å². The first-order valence-corrected chi connectivity index (χ1v) is 6.22. The van der Waals surface area contributed by atoms with Crippen molar-refractivity contribution in [1.29, 1.82) is 0 Å². The van der Waals surface area contributed by atoms with Crippen LogP contribution in [0.5, 0.6) is 0 Å². The van der Waals surface area contributed by atoms with E-state index in [9.17, 15) is 0 Å². The van der Waals surface area contributed by atoms with Crippen LogP contribution in [-0.2, 0) is 0 Å². The molecule has 2 aromatic rings. The van der Waals surface area contributed by atoms with Crippen molar-refractivity contribution in [2.45, 2.75) is 19.4 Å². The smallest absolute Gasteiger partial charge is 0.0637 e. The zero-order chi connectivity index (χ0) is 12.9. The average Bonchev–Trinajstić information content (AvgIpc) is 2.38. The number of hydrogen-bond acceptors (Lipinski definition) is 3. The Labute approximate surface area is 107 Å². The molecule has 6 N–H and O–H groups in total. The van der Waals surface area contributed by atoms with E-state index in [0.29, 0.717) is 11.4 Å². The van der Waals surface area contributed by atoms with Gasteiger partial charge in [0.15, 0.2) is 0 Å². The maximum Gasteiger partial charge on any atom is 0.0637 e. The van der Waals surface area contributed by atoms with Gasteiger partial charge in [-0.25, -0.2) is 0 Å². The van der Waals surface area contributed by atoms with E-state index < -0.39 is 0 Å². The molecule has 0 saturated carbocycles. The van der Waals surface area contributed by atoms with Gasteiger partial charge in [-0.1, -0.05) is 31.2 Å². The van der Waals surface area contributed by atoms with Gasteiger partial charge >= 0.3 is 0 Å². The van der Waals surface area contributed by atoms with Gasteiger partial charge in [0, 0.05) is 11.6 Å². The summed E-state index contributed by atoms with van der Waals surface area (Å²) < 4.78 is 0. The molecule has 0 bridgehead atoms. The molecular formula is C15H17N3. The van der Waals surface area contributed by atoms with Gasteiger partial charge in [0.1, 0.15) is 0 Å². The monoisotopic (exact) mass is 239 g/mol. The van der Waals surface area contributed by atoms with Crippen LogP contribution in [-0.4, -0.2) is 0 Å². The van der Waals surface area contributed by atoms with Gasteiger partial charge < -0.3 is 17.2 Å². The summed E-state index contributed by atoms with van der Waals surface area (Å²) in [7, 11) is 0. The molecular weight excluding hydrogens is 222 g/mol. The minimum absolute atomic E-state index is 0.0506. The summed E-state index contributed by atoms with van der Waals surface area (Å²) in [6, 6.07) is 10.3. The van der Waals surface area contributed by atoms with Crippen LogP contribution in [0.1, 0.15) is 24.9 Å². The van der Waals surface area contributed by atoms with Crippen LogP contribution in [0.3, 0.4) is 0 Å². The number of hydrogen-bond donors (Lipinski definition) is 3. The molecule has 2 aromatic carbocycles. The van der Waals surface area contributed by atoms with Crippen LogP contribution in [0.25, 0.3) is 22.3 Å². The van der Waals surface area contributed by atoms with Crippen molar-refractivity contribution in [2.75, 3.05) is 11.5 Å². The lowest BCUT2D eigenvalue weighted by Crippen LogP contribution is -2.15. The van der Waals surface area contributed by atoms with Crippen LogP contribution >= 0.6 is 0 Å². The summed E-state index contributed by atoms with van der Waals surface area (Å²) >= 11 is 0. The summed E-state index contributed by atoms with van der Waals surface area (Å²) in [6.07, 6.45) is 0.851. The molecule has 0 saturated heterocycles. The lowest BCUT2D eigenvalue weighted by atomic mass is 9.77. The summed E-state index contributed by atoms with van der Waals surface area (Å²) in [5, 5.41) is 0.